The maximum atomic E-state index is 13.5. The molecule has 22 nitrogen and oxygen atoms in total. The van der Waals surface area contributed by atoms with Crippen LogP contribution < -0.4 is 139 Å². The van der Waals surface area contributed by atoms with Crippen LogP contribution in [0.2, 0.25) is 5.15 Å². The fourth-order valence-corrected chi connectivity index (χ4v) is 18.8. The Balaban J connectivity index is 0.000000154. The summed E-state index contributed by atoms with van der Waals surface area (Å²) in [5, 5.41) is 3.19. The summed E-state index contributed by atoms with van der Waals surface area (Å²) in [7, 11) is 13.2. The predicted octanol–water partition coefficient (Wildman–Crippen LogP) is 10.2. The molecule has 0 saturated heterocycles. The van der Waals surface area contributed by atoms with Gasteiger partial charge in [0.1, 0.15) is 5.39 Å². The van der Waals surface area contributed by atoms with Crippen molar-refractivity contribution in [3.8, 4) is 126 Å². The Bertz CT molecular complexity index is 6060. The molecule has 9 aliphatic heterocycles. The molecule has 3 aromatic heterocycles. The van der Waals surface area contributed by atoms with Gasteiger partial charge >= 0.3 is 28.3 Å². The first-order chi connectivity index (χ1) is 56.6. The molecule has 20 rings (SSSR count). The normalized spacial score (nSPS) is 14.3. The number of aromatic nitrogens is 3. The Kier molecular flexibility index (Phi) is 29.8. The van der Waals surface area contributed by atoms with E-state index >= 15 is 0 Å². The van der Waals surface area contributed by atoms with E-state index in [1.807, 2.05) is 47.0 Å². The fourth-order valence-electron chi connectivity index (χ4n) is 18.4. The summed E-state index contributed by atoms with van der Waals surface area (Å²) >= 11 is 20.8. The minimum absolute atomic E-state index is 0. The standard InChI is InChI=1S/C24H27NO4.C22H21ClNO4.C22H21NO5.C22H22NO4.CH3.Cl3OP.2ClH.HI.Mg/c1-6-15-16-7-8-18(26-4)23(27-5)21(16)24(2,3)25-10-9-14-11-19-20(29-13-28-19)12-17(14)22(15)25;1-4-13-14-5-6-16(25-2)21(26-3)19(14)22(23)24-8-7-12-9-17-18(28-11-27-17)10-15(12)20(13)24;1-4-13-14-5-6-16(25-2)21(26-3)19(14)22(24)23-8-7-12-9-17-18(28-11-27-17)10-15(12)20(13)23;1-4-14-15-5-6-18(24-2)22(25-3)17(15)11-23-8-7-13-9-19-20(27-12-26-19)10-16(13)21(14)23;;1-5(2,3)4;;;;/h7-8,11-12H,6,9-10,13H2,1-5H3;2*5-6,9-10H,4,7-8,11H2,1-3H3;5-6,9-11H,4,7-8,12H2,1-3H3;1H3;;3*1H;/q;+1;;+1;-1;;;;;+2/p-3. The molecule has 0 unspecified atom stereocenters. The Morgan fingerprint density at radius 3 is 1.33 bits per heavy atom. The summed E-state index contributed by atoms with van der Waals surface area (Å²) in [6, 6.07) is 33.0. The summed E-state index contributed by atoms with van der Waals surface area (Å²) in [6.45, 7) is 17.6. The minimum atomic E-state index is -3.22. The third kappa shape index (κ3) is 16.5. The van der Waals surface area contributed by atoms with Crippen LogP contribution in [0.4, 0.5) is 0 Å². The average molecular weight is 1930 g/mol. The molecule has 9 aliphatic rings. The van der Waals surface area contributed by atoms with Crippen molar-refractivity contribution in [2.24, 2.45) is 0 Å². The zero-order valence-electron chi connectivity index (χ0n) is 70.6. The SMILES string of the molecule is CCC1=C2c3cc4c(cc3CCN2C(C)(C)c2c1ccc(OC)c2OC)OCO4.CCc1c2[n+](c(Cl)c3c(OC)c(OC)ccc13)CCc1cc3c(cc1-2)OCO3.CCc1c2[n+](cc3c(OC)c(OC)ccc13)CCc1cc3c(cc1-2)OCO3.CCc1c2n(c(=O)c3c(OC)c(OC)ccc13)CCc1cc3c(cc1-2)OCO3.O=P(Cl)(Cl)Cl.[CH3-].[Cl-].[Cl-].[I-].[Mg+2]. The molecule has 0 bridgehead atoms. The van der Waals surface area contributed by atoms with Crippen LogP contribution in [0.25, 0.3) is 77.4 Å². The summed E-state index contributed by atoms with van der Waals surface area (Å²) < 4.78 is 106. The van der Waals surface area contributed by atoms with Crippen LogP contribution in [0.15, 0.2) is 108 Å². The van der Waals surface area contributed by atoms with Gasteiger partial charge in [-0.2, -0.15) is 9.13 Å². The van der Waals surface area contributed by atoms with Gasteiger partial charge < -0.3 is 141 Å². The molecule has 0 atom stereocenters. The molecule has 0 amide bonds. The van der Waals surface area contributed by atoms with Gasteiger partial charge in [-0.25, -0.2) is 0 Å². The molecule has 0 aliphatic carbocycles. The zero-order chi connectivity index (χ0) is 82.2. The van der Waals surface area contributed by atoms with Crippen molar-refractivity contribution < 1.29 is 138 Å². The first-order valence-corrected chi connectivity index (χ1v) is 43.8. The van der Waals surface area contributed by atoms with Crippen molar-refractivity contribution in [3.63, 3.8) is 0 Å². The molecule has 0 spiro atoms. The first-order valence-electron chi connectivity index (χ1n) is 39.0. The molecule has 12 heterocycles. The Morgan fingerprint density at radius 2 is 0.844 bits per heavy atom. The van der Waals surface area contributed by atoms with Crippen molar-refractivity contribution in [2.75, 3.05) is 90.6 Å². The molecule has 0 N–H and O–H groups in total. The van der Waals surface area contributed by atoms with E-state index in [2.05, 4.69) is 150 Å². The Labute approximate surface area is 774 Å². The largest absolute Gasteiger partial charge is 2.00 e. The third-order valence-electron chi connectivity index (χ3n) is 23.5. The topological polar surface area (TPSA) is 198 Å². The maximum Gasteiger partial charge on any atom is 2.00 e. The van der Waals surface area contributed by atoms with Gasteiger partial charge in [0.15, 0.2) is 111 Å². The quantitative estimate of drug-likeness (QED) is 0.0279. The van der Waals surface area contributed by atoms with Gasteiger partial charge in [0.2, 0.25) is 38.6 Å². The predicted molar refractivity (Wildman–Crippen MR) is 465 cm³/mol. The zero-order valence-corrected chi connectivity index (χ0v) is 79.6. The number of pyridine rings is 3. The summed E-state index contributed by atoms with van der Waals surface area (Å²) in [4.78, 5) is 16.0. The average Bonchev–Trinajstić information content (AvgIpc) is 0.946. The van der Waals surface area contributed by atoms with Crippen molar-refractivity contribution in [1.29, 1.82) is 0 Å². The van der Waals surface area contributed by atoms with Crippen LogP contribution >= 0.6 is 50.5 Å². The number of fused-ring (bicyclic) bond motifs is 20. The van der Waals surface area contributed by atoms with E-state index in [4.69, 9.17) is 87.4 Å². The third-order valence-corrected chi connectivity index (χ3v) is 23.9. The van der Waals surface area contributed by atoms with Gasteiger partial charge in [0.25, 0.3) is 10.7 Å². The molecule has 8 aromatic carbocycles. The van der Waals surface area contributed by atoms with Crippen molar-refractivity contribution >= 4 is 117 Å². The van der Waals surface area contributed by atoms with Crippen molar-refractivity contribution in [3.05, 3.63) is 182 Å². The number of aryl methyl sites for hydroxylation is 7. The van der Waals surface area contributed by atoms with Crippen LogP contribution in [0.3, 0.4) is 0 Å². The van der Waals surface area contributed by atoms with E-state index in [0.29, 0.717) is 53.7 Å². The van der Waals surface area contributed by atoms with Gasteiger partial charge in [-0.05, 0) is 233 Å². The molecule has 122 heavy (non-hydrogen) atoms. The molecular weight excluding hydrogens is 1830 g/mol. The number of nitrogens with zero attached hydrogens (tertiary/aromatic N) is 4. The molecular formula is C91H94Cl6IMgN4O18P. The molecule has 0 radical (unpaired) electrons. The number of benzene rings is 8. The number of rotatable bonds is 12. The number of halogens is 7. The minimum Gasteiger partial charge on any atom is -1.00 e. The van der Waals surface area contributed by atoms with Gasteiger partial charge in [-0.3, -0.25) is 9.36 Å². The monoisotopic (exact) mass is 1920 g/mol. The van der Waals surface area contributed by atoms with Gasteiger partial charge in [-0.1, -0.05) is 33.8 Å². The summed E-state index contributed by atoms with van der Waals surface area (Å²) in [6.07, 6.45) is 9.28. The Hall–Kier alpha value is -8.40. The van der Waals surface area contributed by atoms with E-state index in [1.54, 1.807) is 56.9 Å². The number of hydrogen-bond acceptors (Lipinski definition) is 19. The second kappa shape index (κ2) is 38.6. The van der Waals surface area contributed by atoms with Gasteiger partial charge in [0.05, 0.1) is 90.0 Å². The fraction of sp³-hybridized carbons (Fsp3) is 0.341. The van der Waals surface area contributed by atoms with Crippen LogP contribution in [0.1, 0.15) is 104 Å². The molecule has 11 aromatic rings. The second-order valence-corrected chi connectivity index (χ2v) is 36.4. The molecule has 31 heteroatoms. The summed E-state index contributed by atoms with van der Waals surface area (Å²) in [5.74, 6) is 12.1. The van der Waals surface area contributed by atoms with Crippen LogP contribution in [0.5, 0.6) is 92.0 Å². The number of methoxy groups -OCH3 is 8. The number of ether oxygens (including phenoxy) is 16. The van der Waals surface area contributed by atoms with Gasteiger partial charge in [0, 0.05) is 70.2 Å². The number of allylic oxidation sites excluding steroid dienone is 1. The van der Waals surface area contributed by atoms with E-state index in [1.165, 1.54) is 78.0 Å². The van der Waals surface area contributed by atoms with Crippen LogP contribution in [-0.4, -0.2) is 123 Å². The second-order valence-electron chi connectivity index (χ2n) is 29.4. The smallest absolute Gasteiger partial charge is 1.00 e. The van der Waals surface area contributed by atoms with Crippen LogP contribution in [0, 0.1) is 7.43 Å². The maximum absolute atomic E-state index is 13.5. The van der Waals surface area contributed by atoms with Gasteiger partial charge in [-0.15, -0.1) is 0 Å². The molecule has 0 fully saturated rings. The van der Waals surface area contributed by atoms with E-state index in [9.17, 15) is 9.36 Å². The van der Waals surface area contributed by atoms with Crippen molar-refractivity contribution in [2.45, 2.75) is 118 Å². The number of hydrogen-bond donors (Lipinski definition) is 0. The Morgan fingerprint density at radius 1 is 0.451 bits per heavy atom. The van der Waals surface area contributed by atoms with Crippen LogP contribution in [-0.2, 0) is 74.7 Å². The molecule has 0 saturated carbocycles. The van der Waals surface area contributed by atoms with E-state index < -0.39 is 5.20 Å². The molecule has 642 valence electrons. The van der Waals surface area contributed by atoms with E-state index in [-0.39, 0.29) is 104 Å². The van der Waals surface area contributed by atoms with Crippen molar-refractivity contribution in [1.82, 2.24) is 9.47 Å². The summed E-state index contributed by atoms with van der Waals surface area (Å²) in [5.41, 5.74) is 21.6. The van der Waals surface area contributed by atoms with E-state index in [0.717, 1.165) is 190 Å². The first kappa shape index (κ1) is 94.3.